The topological polar surface area (TPSA) is 49.4 Å². The number of carboxylic acid groups (broad SMARTS) is 1. The Morgan fingerprint density at radius 1 is 1.53 bits per heavy atom. The van der Waals surface area contributed by atoms with Crippen molar-refractivity contribution < 1.29 is 14.6 Å². The SMILES string of the molecule is CCCOc1cccc(/C=C/C(=O)[O-])c1. The fraction of sp³-hybridized carbons (Fsp3) is 0.250. The van der Waals surface area contributed by atoms with Gasteiger partial charge in [0.15, 0.2) is 0 Å². The smallest absolute Gasteiger partial charge is 0.119 e. The van der Waals surface area contributed by atoms with Crippen LogP contribution in [0.5, 0.6) is 5.75 Å². The van der Waals surface area contributed by atoms with E-state index in [1.807, 2.05) is 19.1 Å². The van der Waals surface area contributed by atoms with E-state index in [9.17, 15) is 9.90 Å². The Morgan fingerprint density at radius 3 is 3.00 bits per heavy atom. The molecule has 0 saturated carbocycles. The van der Waals surface area contributed by atoms with Crippen molar-refractivity contribution in [3.63, 3.8) is 0 Å². The molecular weight excluding hydrogens is 192 g/mol. The number of rotatable bonds is 5. The molecule has 0 spiro atoms. The maximum absolute atomic E-state index is 10.2. The van der Waals surface area contributed by atoms with Crippen LogP contribution in [-0.2, 0) is 4.79 Å². The lowest BCUT2D eigenvalue weighted by molar-refractivity contribution is -0.297. The van der Waals surface area contributed by atoms with E-state index in [-0.39, 0.29) is 0 Å². The summed E-state index contributed by atoms with van der Waals surface area (Å²) in [6, 6.07) is 7.25. The summed E-state index contributed by atoms with van der Waals surface area (Å²) in [6.07, 6.45) is 3.42. The van der Waals surface area contributed by atoms with Gasteiger partial charge in [0.1, 0.15) is 5.75 Å². The van der Waals surface area contributed by atoms with Crippen LogP contribution >= 0.6 is 0 Å². The molecule has 0 N–H and O–H groups in total. The predicted octanol–water partition coefficient (Wildman–Crippen LogP) is 1.24. The molecule has 15 heavy (non-hydrogen) atoms. The molecular formula is C12H13O3-. The lowest BCUT2D eigenvalue weighted by Crippen LogP contribution is -2.18. The van der Waals surface area contributed by atoms with Crippen LogP contribution in [0.2, 0.25) is 0 Å². The van der Waals surface area contributed by atoms with Gasteiger partial charge in [0.2, 0.25) is 0 Å². The van der Waals surface area contributed by atoms with Gasteiger partial charge in [-0.05, 0) is 30.2 Å². The molecule has 0 bridgehead atoms. The van der Waals surface area contributed by atoms with Crippen LogP contribution in [-0.4, -0.2) is 12.6 Å². The molecule has 0 aliphatic heterocycles. The predicted molar refractivity (Wildman–Crippen MR) is 56.3 cm³/mol. The van der Waals surface area contributed by atoms with Gasteiger partial charge in [-0.1, -0.05) is 25.1 Å². The molecule has 0 amide bonds. The zero-order valence-electron chi connectivity index (χ0n) is 8.60. The number of hydrogen-bond donors (Lipinski definition) is 0. The second-order valence-electron chi connectivity index (χ2n) is 3.07. The number of benzene rings is 1. The minimum absolute atomic E-state index is 0.660. The molecule has 0 aliphatic carbocycles. The largest absolute Gasteiger partial charge is 0.545 e. The summed E-state index contributed by atoms with van der Waals surface area (Å²) in [4.78, 5) is 10.2. The number of hydrogen-bond acceptors (Lipinski definition) is 3. The molecule has 0 fully saturated rings. The van der Waals surface area contributed by atoms with Crippen LogP contribution in [0.25, 0.3) is 6.08 Å². The number of aliphatic carboxylic acids is 1. The number of carboxylic acids is 1. The van der Waals surface area contributed by atoms with Gasteiger partial charge in [0.25, 0.3) is 0 Å². The zero-order chi connectivity index (χ0) is 11.1. The summed E-state index contributed by atoms with van der Waals surface area (Å²) in [5.41, 5.74) is 0.785. The molecule has 0 heterocycles. The lowest BCUT2D eigenvalue weighted by Gasteiger charge is -2.04. The van der Waals surface area contributed by atoms with Gasteiger partial charge in [-0.25, -0.2) is 0 Å². The zero-order valence-corrected chi connectivity index (χ0v) is 8.60. The number of carbonyl (C=O) groups is 1. The molecule has 0 atom stereocenters. The first-order valence-corrected chi connectivity index (χ1v) is 4.84. The van der Waals surface area contributed by atoms with E-state index in [2.05, 4.69) is 0 Å². The van der Waals surface area contributed by atoms with Crippen LogP contribution in [0.15, 0.2) is 30.3 Å². The van der Waals surface area contributed by atoms with E-state index in [0.29, 0.717) is 6.61 Å². The summed E-state index contributed by atoms with van der Waals surface area (Å²) < 4.78 is 5.41. The molecule has 0 aromatic heterocycles. The number of carbonyl (C=O) groups excluding carboxylic acids is 1. The lowest BCUT2D eigenvalue weighted by atomic mass is 10.2. The Hall–Kier alpha value is -1.77. The first-order valence-electron chi connectivity index (χ1n) is 4.84. The van der Waals surface area contributed by atoms with Gasteiger partial charge in [-0.15, -0.1) is 0 Å². The Kier molecular flexibility index (Phi) is 4.41. The van der Waals surface area contributed by atoms with Gasteiger partial charge >= 0.3 is 0 Å². The highest BCUT2D eigenvalue weighted by atomic mass is 16.5. The van der Waals surface area contributed by atoms with Crippen molar-refractivity contribution in [3.8, 4) is 5.75 Å². The summed E-state index contributed by atoms with van der Waals surface area (Å²) in [5.74, 6) is -0.452. The normalized spacial score (nSPS) is 10.5. The van der Waals surface area contributed by atoms with Crippen LogP contribution in [0, 0.1) is 0 Å². The van der Waals surface area contributed by atoms with Crippen molar-refractivity contribution in [1.82, 2.24) is 0 Å². The van der Waals surface area contributed by atoms with Crippen LogP contribution in [0.1, 0.15) is 18.9 Å². The molecule has 3 nitrogen and oxygen atoms in total. The van der Waals surface area contributed by atoms with Crippen molar-refractivity contribution in [2.24, 2.45) is 0 Å². The third-order valence-electron chi connectivity index (χ3n) is 1.74. The van der Waals surface area contributed by atoms with E-state index in [1.54, 1.807) is 12.1 Å². The second-order valence-corrected chi connectivity index (χ2v) is 3.07. The Morgan fingerprint density at radius 2 is 2.33 bits per heavy atom. The maximum Gasteiger partial charge on any atom is 0.119 e. The maximum atomic E-state index is 10.2. The highest BCUT2D eigenvalue weighted by Gasteiger charge is 1.93. The quantitative estimate of drug-likeness (QED) is 0.679. The van der Waals surface area contributed by atoms with Crippen LogP contribution in [0.3, 0.4) is 0 Å². The molecule has 0 saturated heterocycles. The molecule has 0 aliphatic rings. The third kappa shape index (κ3) is 4.31. The molecule has 3 heteroatoms. The van der Waals surface area contributed by atoms with Crippen LogP contribution in [0.4, 0.5) is 0 Å². The first-order chi connectivity index (χ1) is 7.22. The molecule has 0 unspecified atom stereocenters. The standard InChI is InChI=1S/C12H14O3/c1-2-8-15-11-5-3-4-10(9-11)6-7-12(13)14/h3-7,9H,2,8H2,1H3,(H,13,14)/p-1/b7-6+. The Bertz CT molecular complexity index is 356. The van der Waals surface area contributed by atoms with Crippen molar-refractivity contribution in [1.29, 1.82) is 0 Å². The van der Waals surface area contributed by atoms with E-state index in [1.165, 1.54) is 6.08 Å². The number of ether oxygens (including phenoxy) is 1. The summed E-state index contributed by atoms with van der Waals surface area (Å²) in [7, 11) is 0. The molecule has 1 rings (SSSR count). The monoisotopic (exact) mass is 205 g/mol. The van der Waals surface area contributed by atoms with Crippen molar-refractivity contribution in [3.05, 3.63) is 35.9 Å². The highest BCUT2D eigenvalue weighted by molar-refractivity contribution is 5.83. The Labute approximate surface area is 89.0 Å². The average Bonchev–Trinajstić information content (AvgIpc) is 2.24. The molecule has 80 valence electrons. The minimum Gasteiger partial charge on any atom is -0.545 e. The van der Waals surface area contributed by atoms with Crippen molar-refractivity contribution >= 4 is 12.0 Å². The van der Waals surface area contributed by atoms with E-state index in [4.69, 9.17) is 4.74 Å². The summed E-state index contributed by atoms with van der Waals surface area (Å²) >= 11 is 0. The molecule has 1 aromatic rings. The third-order valence-corrected chi connectivity index (χ3v) is 1.74. The van der Waals surface area contributed by atoms with Crippen molar-refractivity contribution in [2.75, 3.05) is 6.61 Å². The van der Waals surface area contributed by atoms with Gasteiger partial charge in [-0.2, -0.15) is 0 Å². The van der Waals surface area contributed by atoms with Crippen LogP contribution < -0.4 is 9.84 Å². The highest BCUT2D eigenvalue weighted by Crippen LogP contribution is 2.14. The van der Waals surface area contributed by atoms with E-state index < -0.39 is 5.97 Å². The van der Waals surface area contributed by atoms with E-state index >= 15 is 0 Å². The van der Waals surface area contributed by atoms with Gasteiger partial charge in [-0.3, -0.25) is 0 Å². The van der Waals surface area contributed by atoms with Gasteiger partial charge < -0.3 is 14.6 Å². The van der Waals surface area contributed by atoms with Gasteiger partial charge in [0.05, 0.1) is 12.6 Å². The van der Waals surface area contributed by atoms with E-state index in [0.717, 1.165) is 23.8 Å². The fourth-order valence-corrected chi connectivity index (χ4v) is 1.09. The molecule has 0 radical (unpaired) electrons. The second kappa shape index (κ2) is 5.86. The minimum atomic E-state index is -1.20. The Balaban J connectivity index is 2.69. The molecule has 1 aromatic carbocycles. The first kappa shape index (κ1) is 11.3. The summed E-state index contributed by atoms with van der Waals surface area (Å²) in [6.45, 7) is 2.69. The average molecular weight is 205 g/mol. The fourth-order valence-electron chi connectivity index (χ4n) is 1.09. The summed E-state index contributed by atoms with van der Waals surface area (Å²) in [5, 5.41) is 10.2. The van der Waals surface area contributed by atoms with Crippen molar-refractivity contribution in [2.45, 2.75) is 13.3 Å². The van der Waals surface area contributed by atoms with Gasteiger partial charge in [0, 0.05) is 0 Å².